The fourth-order valence-electron chi connectivity index (χ4n) is 1.09. The molecule has 1 aromatic carbocycles. The van der Waals surface area contributed by atoms with Crippen molar-refractivity contribution in [1.29, 1.82) is 0 Å². The van der Waals surface area contributed by atoms with E-state index in [1.165, 1.54) is 12.0 Å². The van der Waals surface area contributed by atoms with Crippen LogP contribution in [0.1, 0.15) is 19.4 Å². The van der Waals surface area contributed by atoms with Crippen molar-refractivity contribution in [2.24, 2.45) is 0 Å². The number of hydrogen-bond donors (Lipinski definition) is 2. The Morgan fingerprint density at radius 2 is 1.83 bits per heavy atom. The highest BCUT2D eigenvalue weighted by molar-refractivity contribution is 5.41. The quantitative estimate of drug-likeness (QED) is 0.660. The Morgan fingerprint density at radius 1 is 1.17 bits per heavy atom. The van der Waals surface area contributed by atoms with E-state index in [0.717, 1.165) is 12.0 Å². The van der Waals surface area contributed by atoms with Gasteiger partial charge in [0.05, 0.1) is 0 Å². The molecule has 1 radical (unpaired) electrons. The highest BCUT2D eigenvalue weighted by Gasteiger charge is 2.02. The molecule has 0 atom stereocenters. The van der Waals surface area contributed by atoms with Crippen molar-refractivity contribution < 1.29 is 10.2 Å². The van der Waals surface area contributed by atoms with E-state index in [4.69, 9.17) is 10.2 Å². The van der Waals surface area contributed by atoms with Gasteiger partial charge in [0.2, 0.25) is 0 Å². The lowest BCUT2D eigenvalue weighted by Gasteiger charge is -2.05. The SMILES string of the molecule is C[C](C)Cc1ccc(O)c(O)c1. The third-order valence-electron chi connectivity index (χ3n) is 1.60. The number of phenolic OH excluding ortho intramolecular Hbond substituents is 2. The topological polar surface area (TPSA) is 40.5 Å². The van der Waals surface area contributed by atoms with Gasteiger partial charge in [-0.25, -0.2) is 0 Å². The van der Waals surface area contributed by atoms with E-state index >= 15 is 0 Å². The fourth-order valence-corrected chi connectivity index (χ4v) is 1.09. The minimum absolute atomic E-state index is 0.0475. The van der Waals surface area contributed by atoms with Crippen LogP contribution in [-0.4, -0.2) is 10.2 Å². The summed E-state index contributed by atoms with van der Waals surface area (Å²) in [5, 5.41) is 18.2. The molecule has 1 rings (SSSR count). The third-order valence-corrected chi connectivity index (χ3v) is 1.60. The molecule has 0 aliphatic heterocycles. The lowest BCUT2D eigenvalue weighted by molar-refractivity contribution is 0.403. The van der Waals surface area contributed by atoms with Gasteiger partial charge in [-0.05, 0) is 30.0 Å². The van der Waals surface area contributed by atoms with Crippen molar-refractivity contribution in [3.8, 4) is 11.5 Å². The summed E-state index contributed by atoms with van der Waals surface area (Å²) in [4.78, 5) is 0. The van der Waals surface area contributed by atoms with Crippen LogP contribution in [0, 0.1) is 5.92 Å². The first-order valence-corrected chi connectivity index (χ1v) is 3.89. The monoisotopic (exact) mass is 165 g/mol. The first-order valence-electron chi connectivity index (χ1n) is 3.89. The molecule has 0 heterocycles. The van der Waals surface area contributed by atoms with Gasteiger partial charge in [0.1, 0.15) is 0 Å². The van der Waals surface area contributed by atoms with Gasteiger partial charge < -0.3 is 10.2 Å². The Labute approximate surface area is 72.5 Å². The van der Waals surface area contributed by atoms with E-state index in [-0.39, 0.29) is 11.5 Å². The summed E-state index contributed by atoms with van der Waals surface area (Å²) in [6, 6.07) is 4.90. The molecule has 0 bridgehead atoms. The number of hydrogen-bond acceptors (Lipinski definition) is 2. The average Bonchev–Trinajstić information content (AvgIpc) is 1.96. The van der Waals surface area contributed by atoms with Crippen molar-refractivity contribution in [2.75, 3.05) is 0 Å². The maximum atomic E-state index is 9.15. The first-order chi connectivity index (χ1) is 5.59. The summed E-state index contributed by atoms with van der Waals surface area (Å²) in [5.41, 5.74) is 1.02. The summed E-state index contributed by atoms with van der Waals surface area (Å²) in [7, 11) is 0. The predicted molar refractivity (Wildman–Crippen MR) is 48.1 cm³/mol. The molecule has 65 valence electrons. The molecule has 0 saturated carbocycles. The molecule has 2 N–H and O–H groups in total. The van der Waals surface area contributed by atoms with E-state index in [9.17, 15) is 0 Å². The summed E-state index contributed by atoms with van der Waals surface area (Å²) in [5.74, 6) is 1.17. The van der Waals surface area contributed by atoms with Crippen molar-refractivity contribution in [3.05, 3.63) is 29.7 Å². The molecule has 0 fully saturated rings. The summed E-state index contributed by atoms with van der Waals surface area (Å²) < 4.78 is 0. The fraction of sp³-hybridized carbons (Fsp3) is 0.300. The summed E-state index contributed by atoms with van der Waals surface area (Å²) in [6.07, 6.45) is 0.841. The van der Waals surface area contributed by atoms with Crippen molar-refractivity contribution in [3.63, 3.8) is 0 Å². The smallest absolute Gasteiger partial charge is 0.157 e. The van der Waals surface area contributed by atoms with Crippen LogP contribution in [0.25, 0.3) is 0 Å². The van der Waals surface area contributed by atoms with Crippen LogP contribution in [0.3, 0.4) is 0 Å². The highest BCUT2D eigenvalue weighted by Crippen LogP contribution is 2.26. The lowest BCUT2D eigenvalue weighted by Crippen LogP contribution is -1.90. The summed E-state index contributed by atoms with van der Waals surface area (Å²) >= 11 is 0. The van der Waals surface area contributed by atoms with Crippen molar-refractivity contribution in [1.82, 2.24) is 0 Å². The van der Waals surface area contributed by atoms with Gasteiger partial charge in [0, 0.05) is 0 Å². The second-order valence-corrected chi connectivity index (χ2v) is 3.21. The van der Waals surface area contributed by atoms with E-state index in [0.29, 0.717) is 0 Å². The van der Waals surface area contributed by atoms with Gasteiger partial charge in [-0.3, -0.25) is 0 Å². The molecular weight excluding hydrogens is 152 g/mol. The zero-order chi connectivity index (χ0) is 9.14. The molecule has 0 aromatic heterocycles. The number of aromatic hydroxyl groups is 2. The molecular formula is C10H13O2. The number of phenols is 2. The van der Waals surface area contributed by atoms with E-state index in [2.05, 4.69) is 0 Å². The normalized spacial score (nSPS) is 10.6. The Hall–Kier alpha value is -1.18. The maximum Gasteiger partial charge on any atom is 0.157 e. The first kappa shape index (κ1) is 8.91. The predicted octanol–water partition coefficient (Wildman–Crippen LogP) is 2.25. The highest BCUT2D eigenvalue weighted by atomic mass is 16.3. The molecule has 2 nitrogen and oxygen atoms in total. The van der Waals surface area contributed by atoms with Crippen LogP contribution in [0.2, 0.25) is 0 Å². The standard InChI is InChI=1S/C10H13O2/c1-7(2)5-8-3-4-9(11)10(12)6-8/h3-4,6,11-12H,5H2,1-2H3. The molecule has 2 heteroatoms. The molecule has 0 unspecified atom stereocenters. The molecule has 12 heavy (non-hydrogen) atoms. The third kappa shape index (κ3) is 2.16. The number of benzene rings is 1. The van der Waals surface area contributed by atoms with Crippen LogP contribution in [0.5, 0.6) is 11.5 Å². The maximum absolute atomic E-state index is 9.15. The van der Waals surface area contributed by atoms with Gasteiger partial charge in [0.25, 0.3) is 0 Å². The van der Waals surface area contributed by atoms with Crippen molar-refractivity contribution >= 4 is 0 Å². The second kappa shape index (κ2) is 3.48. The van der Waals surface area contributed by atoms with Crippen LogP contribution < -0.4 is 0 Å². The van der Waals surface area contributed by atoms with Gasteiger partial charge >= 0.3 is 0 Å². The average molecular weight is 165 g/mol. The number of rotatable bonds is 2. The Kier molecular flexibility index (Phi) is 2.58. The van der Waals surface area contributed by atoms with Crippen LogP contribution in [0.4, 0.5) is 0 Å². The molecule has 0 spiro atoms. The van der Waals surface area contributed by atoms with E-state index in [1.807, 2.05) is 19.9 Å². The zero-order valence-corrected chi connectivity index (χ0v) is 7.33. The van der Waals surface area contributed by atoms with Crippen molar-refractivity contribution in [2.45, 2.75) is 20.3 Å². The molecule has 0 saturated heterocycles. The Bertz CT molecular complexity index is 267. The lowest BCUT2D eigenvalue weighted by atomic mass is 10.0. The van der Waals surface area contributed by atoms with E-state index < -0.39 is 0 Å². The van der Waals surface area contributed by atoms with Crippen LogP contribution in [-0.2, 0) is 6.42 Å². The van der Waals surface area contributed by atoms with Gasteiger partial charge in [0.15, 0.2) is 11.5 Å². The van der Waals surface area contributed by atoms with Crippen LogP contribution in [0.15, 0.2) is 18.2 Å². The minimum Gasteiger partial charge on any atom is -0.504 e. The molecule has 0 aliphatic rings. The molecule has 0 amide bonds. The molecule has 1 aromatic rings. The largest absolute Gasteiger partial charge is 0.504 e. The second-order valence-electron chi connectivity index (χ2n) is 3.21. The molecule has 0 aliphatic carbocycles. The van der Waals surface area contributed by atoms with Gasteiger partial charge in [-0.1, -0.05) is 19.9 Å². The van der Waals surface area contributed by atoms with Gasteiger partial charge in [-0.15, -0.1) is 0 Å². The zero-order valence-electron chi connectivity index (χ0n) is 7.33. The Balaban J connectivity index is 2.82. The van der Waals surface area contributed by atoms with E-state index in [1.54, 1.807) is 6.07 Å². The Morgan fingerprint density at radius 3 is 2.33 bits per heavy atom. The summed E-state index contributed by atoms with van der Waals surface area (Å²) in [6.45, 7) is 4.06. The minimum atomic E-state index is -0.0625. The van der Waals surface area contributed by atoms with Gasteiger partial charge in [-0.2, -0.15) is 0 Å². The van der Waals surface area contributed by atoms with Crippen LogP contribution >= 0.6 is 0 Å².